The SMILES string of the molecule is COC(=O)N[C@H](C(=O)N1CC2(C#C[C@H]1c1nc(-c3ccc4c(c3)C(F)(F)c3cc(-c5ccc6nc(C7[C@H]8CC[C@H](CC8)N7C(=O)[C@@H](NC(=O)OC)C(C)C)[nH]c6c5)ccc3-4)c[nH]1)CC2)C(C)C. The first-order valence-corrected chi connectivity index (χ1v) is 23.2. The second-order valence-electron chi connectivity index (χ2n) is 19.5. The van der Waals surface area contributed by atoms with Crippen LogP contribution in [0.1, 0.15) is 101 Å². The van der Waals surface area contributed by atoms with Crippen molar-refractivity contribution in [3.63, 3.8) is 0 Å². The second kappa shape index (κ2) is 16.5. The number of H-pyrrole nitrogens is 2. The Balaban J connectivity index is 0.907. The molecule has 2 bridgehead atoms. The van der Waals surface area contributed by atoms with Gasteiger partial charge in [-0.2, -0.15) is 8.78 Å². The zero-order valence-corrected chi connectivity index (χ0v) is 38.3. The minimum atomic E-state index is -3.32. The molecule has 2 saturated heterocycles. The maximum absolute atomic E-state index is 16.7. The number of hydrogen-bond donors (Lipinski definition) is 4. The molecule has 3 aliphatic carbocycles. The number of hydrogen-bond acceptors (Lipinski definition) is 8. The predicted molar refractivity (Wildman–Crippen MR) is 245 cm³/mol. The Morgan fingerprint density at radius 2 is 1.37 bits per heavy atom. The largest absolute Gasteiger partial charge is 0.453 e. The fraction of sp³-hybridized carbons (Fsp3) is 0.451. The molecule has 3 aromatic carbocycles. The highest BCUT2D eigenvalue weighted by Crippen LogP contribution is 2.54. The van der Waals surface area contributed by atoms with E-state index in [1.165, 1.54) is 20.3 Å². The minimum absolute atomic E-state index is 0.0216. The zero-order valence-electron chi connectivity index (χ0n) is 38.3. The van der Waals surface area contributed by atoms with Crippen LogP contribution in [0.5, 0.6) is 0 Å². The maximum Gasteiger partial charge on any atom is 0.407 e. The Morgan fingerprint density at radius 3 is 2.00 bits per heavy atom. The number of piperidine rings is 2. The first-order chi connectivity index (χ1) is 32.1. The number of amides is 4. The smallest absolute Gasteiger partial charge is 0.407 e. The maximum atomic E-state index is 16.7. The van der Waals surface area contributed by atoms with Gasteiger partial charge in [-0.05, 0) is 103 Å². The summed E-state index contributed by atoms with van der Waals surface area (Å²) in [5.74, 6) is 3.67. The van der Waals surface area contributed by atoms with Gasteiger partial charge in [-0.25, -0.2) is 19.6 Å². The molecule has 67 heavy (non-hydrogen) atoms. The van der Waals surface area contributed by atoms with Crippen LogP contribution >= 0.6 is 0 Å². The summed E-state index contributed by atoms with van der Waals surface area (Å²) in [5.41, 5.74) is 4.05. The zero-order chi connectivity index (χ0) is 47.1. The van der Waals surface area contributed by atoms with Gasteiger partial charge in [0.05, 0.1) is 37.0 Å². The van der Waals surface area contributed by atoms with Gasteiger partial charge in [0, 0.05) is 40.9 Å². The topological polar surface area (TPSA) is 175 Å². The van der Waals surface area contributed by atoms with Gasteiger partial charge in [0.25, 0.3) is 5.92 Å². The second-order valence-corrected chi connectivity index (χ2v) is 19.5. The average molecular weight is 913 g/mol. The summed E-state index contributed by atoms with van der Waals surface area (Å²) in [4.78, 5) is 72.8. The predicted octanol–water partition coefficient (Wildman–Crippen LogP) is 8.61. The van der Waals surface area contributed by atoms with E-state index in [0.717, 1.165) is 49.6 Å². The van der Waals surface area contributed by atoms with Crippen LogP contribution in [-0.4, -0.2) is 92.6 Å². The van der Waals surface area contributed by atoms with E-state index in [-0.39, 0.29) is 58.2 Å². The number of methoxy groups -OCH3 is 2. The molecule has 16 heteroatoms. The van der Waals surface area contributed by atoms with Gasteiger partial charge in [0.15, 0.2) is 6.04 Å². The summed E-state index contributed by atoms with van der Waals surface area (Å²) < 4.78 is 43.1. The summed E-state index contributed by atoms with van der Waals surface area (Å²) in [6, 6.07) is 13.2. The van der Waals surface area contributed by atoms with Crippen molar-refractivity contribution >= 4 is 35.0 Å². The third kappa shape index (κ3) is 7.65. The van der Waals surface area contributed by atoms with Crippen LogP contribution in [0.3, 0.4) is 0 Å². The molecule has 4 atom stereocenters. The van der Waals surface area contributed by atoms with Crippen molar-refractivity contribution in [3.05, 3.63) is 83.6 Å². The van der Waals surface area contributed by atoms with Gasteiger partial charge in [-0.3, -0.25) is 9.59 Å². The first kappa shape index (κ1) is 44.1. The van der Waals surface area contributed by atoms with Gasteiger partial charge < -0.3 is 39.9 Å². The Hall–Kier alpha value is -6.76. The number of carbonyl (C=O) groups is 4. The van der Waals surface area contributed by atoms with E-state index < -0.39 is 36.2 Å². The van der Waals surface area contributed by atoms with E-state index in [9.17, 15) is 19.2 Å². The lowest BCUT2D eigenvalue weighted by atomic mass is 9.73. The van der Waals surface area contributed by atoms with E-state index in [4.69, 9.17) is 19.4 Å². The molecular formula is C51H54F2N8O6. The van der Waals surface area contributed by atoms with Crippen molar-refractivity contribution in [2.24, 2.45) is 23.2 Å². The summed E-state index contributed by atoms with van der Waals surface area (Å²) in [6.45, 7) is 7.87. The van der Waals surface area contributed by atoms with Crippen LogP contribution in [0, 0.1) is 35.0 Å². The van der Waals surface area contributed by atoms with Crippen molar-refractivity contribution in [1.82, 2.24) is 40.4 Å². The molecule has 1 spiro atoms. The van der Waals surface area contributed by atoms with E-state index in [0.29, 0.717) is 51.7 Å². The molecule has 2 aromatic heterocycles. The van der Waals surface area contributed by atoms with Gasteiger partial charge >= 0.3 is 12.2 Å². The number of aromatic amines is 2. The number of nitrogens with one attached hydrogen (secondary N) is 4. The summed E-state index contributed by atoms with van der Waals surface area (Å²) >= 11 is 0. The minimum Gasteiger partial charge on any atom is -0.453 e. The molecule has 5 heterocycles. The molecule has 0 radical (unpaired) electrons. The average Bonchev–Trinajstić information content (AvgIpc) is 3.61. The van der Waals surface area contributed by atoms with Gasteiger partial charge in [0.1, 0.15) is 23.7 Å². The van der Waals surface area contributed by atoms with Crippen molar-refractivity contribution < 1.29 is 37.4 Å². The number of ether oxygens (including phenoxy) is 2. The molecule has 4 amide bonds. The Bertz CT molecular complexity index is 2880. The van der Waals surface area contributed by atoms with Crippen molar-refractivity contribution in [3.8, 4) is 45.4 Å². The Morgan fingerprint density at radius 1 is 0.776 bits per heavy atom. The molecule has 3 aliphatic heterocycles. The van der Waals surface area contributed by atoms with Gasteiger partial charge in [-0.15, -0.1) is 0 Å². The van der Waals surface area contributed by atoms with E-state index in [1.54, 1.807) is 35.4 Å². The quantitative estimate of drug-likeness (QED) is 0.101. The fourth-order valence-electron chi connectivity index (χ4n) is 10.7. The molecule has 5 aromatic rings. The number of alkyl halides is 2. The number of benzene rings is 3. The summed E-state index contributed by atoms with van der Waals surface area (Å²) in [6.07, 6.45) is 5.71. The molecule has 4 N–H and O–H groups in total. The van der Waals surface area contributed by atoms with Crippen LogP contribution in [-0.2, 0) is 25.0 Å². The molecule has 11 rings (SSSR count). The van der Waals surface area contributed by atoms with Gasteiger partial charge in [-0.1, -0.05) is 69.9 Å². The third-order valence-corrected chi connectivity index (χ3v) is 14.6. The highest BCUT2D eigenvalue weighted by Gasteiger charge is 2.51. The number of imidazole rings is 2. The van der Waals surface area contributed by atoms with Crippen molar-refractivity contribution in [2.75, 3.05) is 20.8 Å². The normalized spacial score (nSPS) is 22.5. The summed E-state index contributed by atoms with van der Waals surface area (Å²) in [7, 11) is 2.53. The first-order valence-electron chi connectivity index (χ1n) is 23.2. The van der Waals surface area contributed by atoms with Crippen molar-refractivity contribution in [2.45, 2.75) is 102 Å². The highest BCUT2D eigenvalue weighted by molar-refractivity contribution is 5.89. The lowest BCUT2D eigenvalue weighted by Gasteiger charge is -2.51. The highest BCUT2D eigenvalue weighted by atomic mass is 19.3. The number of rotatable bonds is 10. The van der Waals surface area contributed by atoms with Crippen LogP contribution < -0.4 is 10.6 Å². The molecule has 4 fully saturated rings. The molecule has 6 aliphatic rings. The molecule has 14 nitrogen and oxygen atoms in total. The van der Waals surface area contributed by atoms with E-state index >= 15 is 8.78 Å². The van der Waals surface area contributed by atoms with Gasteiger partial charge in [0.2, 0.25) is 11.8 Å². The molecule has 348 valence electrons. The van der Waals surface area contributed by atoms with E-state index in [2.05, 4.69) is 32.4 Å². The van der Waals surface area contributed by atoms with Crippen LogP contribution in [0.2, 0.25) is 0 Å². The van der Waals surface area contributed by atoms with Crippen LogP contribution in [0.15, 0.2) is 60.8 Å². The third-order valence-electron chi connectivity index (χ3n) is 14.6. The number of fused-ring (bicyclic) bond motifs is 7. The van der Waals surface area contributed by atoms with Crippen LogP contribution in [0.25, 0.3) is 44.5 Å². The molecule has 1 unspecified atom stereocenters. The fourth-order valence-corrected chi connectivity index (χ4v) is 10.7. The Kier molecular flexibility index (Phi) is 10.9. The standard InChI is InChI=1S/C51H54F2N8O6/c1-26(2)41(58-48(64)66-5)46(62)60-25-50(19-20-50)18-17-40(60)44-54-24-39(57-44)31-10-15-34-33-14-9-29(21-35(33)51(52,53)36(34)22-31)30-11-16-37-38(23-30)56-45(55-37)43-28-7-12-32(13-8-28)61(43)47(63)42(27(3)4)59-49(65)67-6/h9-11,14-16,21-24,26-28,32,40-43H,7-8,12-13,19-20,25H2,1-6H3,(H,54,57)(H,55,56)(H,58,64)(H,59,65)/t28-,32+,40-,41-,42-,43?/m0/s1. The van der Waals surface area contributed by atoms with E-state index in [1.807, 2.05) is 56.9 Å². The molecular weight excluding hydrogens is 859 g/mol. The lowest BCUT2D eigenvalue weighted by Crippen LogP contribution is -2.59. The molecule has 2 saturated carbocycles. The number of carbonyl (C=O) groups excluding carboxylic acids is 4. The lowest BCUT2D eigenvalue weighted by molar-refractivity contribution is -0.149. The van der Waals surface area contributed by atoms with Crippen molar-refractivity contribution in [1.29, 1.82) is 0 Å². The summed E-state index contributed by atoms with van der Waals surface area (Å²) in [5, 5.41) is 5.43. The number of nitrogens with zero attached hydrogens (tertiary/aromatic N) is 4. The number of alkyl carbamates (subject to hydrolysis) is 2. The number of aromatic nitrogens is 4. The monoisotopic (exact) mass is 912 g/mol. The van der Waals surface area contributed by atoms with Crippen LogP contribution in [0.4, 0.5) is 18.4 Å². The number of halogens is 2. The Labute approximate surface area is 387 Å².